The number of phenols is 6. The highest BCUT2D eigenvalue weighted by Crippen LogP contribution is 2.28. The summed E-state index contributed by atoms with van der Waals surface area (Å²) in [6.07, 6.45) is 0. The molecule has 0 aliphatic carbocycles. The summed E-state index contributed by atoms with van der Waals surface area (Å²) >= 11 is 0. The van der Waals surface area contributed by atoms with Crippen LogP contribution >= 0.6 is 0 Å². The molecule has 0 amide bonds. The molecule has 8 N–H and O–H groups in total. The zero-order valence-corrected chi connectivity index (χ0v) is 15.2. The molecule has 0 spiro atoms. The Labute approximate surface area is 165 Å². The van der Waals surface area contributed by atoms with Crippen molar-refractivity contribution in [1.82, 2.24) is 0 Å². The van der Waals surface area contributed by atoms with Gasteiger partial charge in [-0.15, -0.1) is 0 Å². The number of non-ortho nitro benzene ring substituents is 1. The molecule has 0 saturated carbocycles. The predicted molar refractivity (Wildman–Crippen MR) is 105 cm³/mol. The van der Waals surface area contributed by atoms with Gasteiger partial charge in [-0.2, -0.15) is 0 Å². The molecule has 0 aliphatic heterocycles. The number of phenolic OH excluding ortho intramolecular Hbond substituents is 6. The van der Waals surface area contributed by atoms with Crippen LogP contribution in [0, 0.1) is 17.0 Å². The van der Waals surface area contributed by atoms with Crippen LogP contribution in [0.3, 0.4) is 0 Å². The zero-order chi connectivity index (χ0) is 22.1. The topological polar surface area (TPSA) is 191 Å². The Balaban J connectivity index is 0.000000219. The summed E-state index contributed by atoms with van der Waals surface area (Å²) in [5, 5.41) is 62.8. The van der Waals surface area contributed by atoms with Crippen LogP contribution in [0.2, 0.25) is 0 Å². The highest BCUT2D eigenvalue weighted by Gasteiger charge is 2.08. The van der Waals surface area contributed by atoms with Crippen LogP contribution in [0.4, 0.5) is 11.4 Å². The van der Waals surface area contributed by atoms with Crippen LogP contribution in [0.15, 0.2) is 54.6 Å². The smallest absolute Gasteiger partial charge is 0.273 e. The molecule has 0 unspecified atom stereocenters. The second kappa shape index (κ2) is 10.1. The fourth-order valence-corrected chi connectivity index (χ4v) is 1.80. The maximum atomic E-state index is 10.1. The summed E-state index contributed by atoms with van der Waals surface area (Å²) in [5.74, 6) is -1.32. The fourth-order valence-electron chi connectivity index (χ4n) is 1.80. The summed E-state index contributed by atoms with van der Waals surface area (Å²) in [5.41, 5.74) is 6.38. The van der Waals surface area contributed by atoms with Crippen LogP contribution in [0.5, 0.6) is 34.5 Å². The van der Waals surface area contributed by atoms with Gasteiger partial charge in [-0.3, -0.25) is 10.1 Å². The maximum Gasteiger partial charge on any atom is 0.273 e. The Hall–Kier alpha value is -4.34. The minimum atomic E-state index is -0.654. The number of rotatable bonds is 1. The summed E-state index contributed by atoms with van der Waals surface area (Å²) in [7, 11) is 0. The summed E-state index contributed by atoms with van der Waals surface area (Å²) in [6.45, 7) is 1.85. The van der Waals surface area contributed by atoms with E-state index in [0.29, 0.717) is 5.69 Å². The molecular weight excluding hydrogens is 384 g/mol. The van der Waals surface area contributed by atoms with E-state index in [0.717, 1.165) is 23.8 Å². The second-order valence-corrected chi connectivity index (χ2v) is 5.67. The first-order chi connectivity index (χ1) is 13.5. The normalized spacial score (nSPS) is 9.41. The first-order valence-corrected chi connectivity index (χ1v) is 7.93. The van der Waals surface area contributed by atoms with Crippen molar-refractivity contribution in [3.8, 4) is 34.5 Å². The standard InChI is InChI=1S/C7H8O2.C6H5NO4.C6H7NO2/c1-5-2-3-6(8)7(9)4-5;8-5-2-1-4(7(10)11)3-6(5)9;7-4-1-2-5(8)6(9)3-4/h2-4,8-9H,1H3;1-3,8-9H;1-3,8-9H,7H2. The number of nitrogen functional groups attached to an aromatic ring is 1. The van der Waals surface area contributed by atoms with Crippen molar-refractivity contribution < 1.29 is 35.6 Å². The number of nitrogens with zero attached hydrogens (tertiary/aromatic N) is 1. The van der Waals surface area contributed by atoms with E-state index in [1.807, 2.05) is 6.92 Å². The lowest BCUT2D eigenvalue weighted by Crippen LogP contribution is -1.86. The van der Waals surface area contributed by atoms with E-state index >= 15 is 0 Å². The molecule has 29 heavy (non-hydrogen) atoms. The van der Waals surface area contributed by atoms with Gasteiger partial charge in [0.2, 0.25) is 0 Å². The van der Waals surface area contributed by atoms with E-state index in [9.17, 15) is 10.1 Å². The molecule has 0 aromatic heterocycles. The molecule has 3 aromatic carbocycles. The quantitative estimate of drug-likeness (QED) is 0.105. The molecule has 0 saturated heterocycles. The van der Waals surface area contributed by atoms with Gasteiger partial charge in [-0.1, -0.05) is 6.07 Å². The van der Waals surface area contributed by atoms with Crippen LogP contribution in [-0.4, -0.2) is 35.6 Å². The summed E-state index contributed by atoms with van der Waals surface area (Å²) in [6, 6.07) is 11.9. The molecule has 0 radical (unpaired) electrons. The van der Waals surface area contributed by atoms with Crippen molar-refractivity contribution in [2.45, 2.75) is 6.92 Å². The first-order valence-electron chi connectivity index (χ1n) is 7.93. The summed E-state index contributed by atoms with van der Waals surface area (Å²) < 4.78 is 0. The molecule has 0 heterocycles. The van der Waals surface area contributed by atoms with Crippen molar-refractivity contribution in [3.63, 3.8) is 0 Å². The van der Waals surface area contributed by atoms with Crippen molar-refractivity contribution in [3.05, 3.63) is 70.3 Å². The number of aromatic hydroxyl groups is 6. The lowest BCUT2D eigenvalue weighted by molar-refractivity contribution is -0.385. The minimum absolute atomic E-state index is 0.0602. The van der Waals surface area contributed by atoms with E-state index in [1.54, 1.807) is 6.07 Å². The van der Waals surface area contributed by atoms with Crippen molar-refractivity contribution in [1.29, 1.82) is 0 Å². The Bertz CT molecular complexity index is 942. The van der Waals surface area contributed by atoms with Crippen molar-refractivity contribution in [2.24, 2.45) is 0 Å². The predicted octanol–water partition coefficient (Wildman–Crippen LogP) is 3.09. The Morgan fingerprint density at radius 2 is 1.14 bits per heavy atom. The Kier molecular flexibility index (Phi) is 7.92. The summed E-state index contributed by atoms with van der Waals surface area (Å²) in [4.78, 5) is 9.42. The van der Waals surface area contributed by atoms with Gasteiger partial charge in [0.05, 0.1) is 11.0 Å². The number of nitro groups is 1. The third-order valence-corrected chi connectivity index (χ3v) is 3.30. The van der Waals surface area contributed by atoms with E-state index in [-0.39, 0.29) is 34.4 Å². The number of nitro benzene ring substituents is 1. The number of hydrogen-bond acceptors (Lipinski definition) is 9. The van der Waals surface area contributed by atoms with Gasteiger partial charge in [-0.05, 0) is 42.8 Å². The second-order valence-electron chi connectivity index (χ2n) is 5.67. The van der Waals surface area contributed by atoms with Crippen LogP contribution in [-0.2, 0) is 0 Å². The average Bonchev–Trinajstić information content (AvgIpc) is 2.65. The van der Waals surface area contributed by atoms with Gasteiger partial charge in [0.15, 0.2) is 34.5 Å². The SMILES string of the molecule is Cc1ccc(O)c(O)c1.Nc1ccc(O)c(O)c1.O=[N+]([O-])c1ccc(O)c(O)c1. The van der Waals surface area contributed by atoms with Gasteiger partial charge < -0.3 is 36.4 Å². The largest absolute Gasteiger partial charge is 0.504 e. The number of nitrogens with two attached hydrogens (primary N) is 1. The highest BCUT2D eigenvalue weighted by atomic mass is 16.6. The van der Waals surface area contributed by atoms with Gasteiger partial charge in [0.25, 0.3) is 5.69 Å². The molecule has 0 atom stereocenters. The Morgan fingerprint density at radius 3 is 1.52 bits per heavy atom. The van der Waals surface area contributed by atoms with Gasteiger partial charge in [-0.25, -0.2) is 0 Å². The van der Waals surface area contributed by atoms with E-state index in [1.165, 1.54) is 30.3 Å². The highest BCUT2D eigenvalue weighted by molar-refractivity contribution is 5.50. The average molecular weight is 404 g/mol. The molecule has 0 aliphatic rings. The van der Waals surface area contributed by atoms with Crippen molar-refractivity contribution >= 4 is 11.4 Å². The van der Waals surface area contributed by atoms with Gasteiger partial charge in [0, 0.05) is 17.8 Å². The van der Waals surface area contributed by atoms with E-state index in [2.05, 4.69) is 0 Å². The lowest BCUT2D eigenvalue weighted by Gasteiger charge is -1.95. The van der Waals surface area contributed by atoms with Gasteiger partial charge >= 0.3 is 0 Å². The minimum Gasteiger partial charge on any atom is -0.504 e. The number of aryl methyl sites for hydroxylation is 1. The van der Waals surface area contributed by atoms with Crippen LogP contribution < -0.4 is 5.73 Å². The fraction of sp³-hybridized carbons (Fsp3) is 0.0526. The molecule has 154 valence electrons. The third kappa shape index (κ3) is 7.43. The molecule has 0 fully saturated rings. The van der Waals surface area contributed by atoms with Gasteiger partial charge in [0.1, 0.15) is 0 Å². The number of benzene rings is 3. The van der Waals surface area contributed by atoms with Crippen LogP contribution in [0.25, 0.3) is 0 Å². The third-order valence-electron chi connectivity index (χ3n) is 3.30. The molecular formula is C19H20N2O8. The van der Waals surface area contributed by atoms with E-state index in [4.69, 9.17) is 36.4 Å². The molecule has 10 heteroatoms. The Morgan fingerprint density at radius 1 is 0.690 bits per heavy atom. The lowest BCUT2D eigenvalue weighted by atomic mass is 10.2. The molecule has 0 bridgehead atoms. The molecule has 3 aromatic rings. The van der Waals surface area contributed by atoms with Crippen molar-refractivity contribution in [2.75, 3.05) is 5.73 Å². The first kappa shape index (κ1) is 22.7. The number of hydrogen-bond donors (Lipinski definition) is 7. The molecule has 10 nitrogen and oxygen atoms in total. The van der Waals surface area contributed by atoms with Crippen LogP contribution in [0.1, 0.15) is 5.56 Å². The van der Waals surface area contributed by atoms with E-state index < -0.39 is 10.7 Å². The monoisotopic (exact) mass is 404 g/mol. The zero-order valence-electron chi connectivity index (χ0n) is 15.2. The maximum absolute atomic E-state index is 10.1. The number of anilines is 1. The molecule has 3 rings (SSSR count).